The fourth-order valence-corrected chi connectivity index (χ4v) is 2.58. The second-order valence-corrected chi connectivity index (χ2v) is 5.83. The van der Waals surface area contributed by atoms with Crippen LogP contribution in [0.15, 0.2) is 18.2 Å². The predicted molar refractivity (Wildman–Crippen MR) is 75.3 cm³/mol. The minimum absolute atomic E-state index is 0.0495. The van der Waals surface area contributed by atoms with E-state index in [1.807, 2.05) is 0 Å². The van der Waals surface area contributed by atoms with Gasteiger partial charge in [-0.1, -0.05) is 11.6 Å². The first kappa shape index (κ1) is 16.1. The first-order chi connectivity index (χ1) is 9.71. The van der Waals surface area contributed by atoms with Crippen LogP contribution in [0.25, 0.3) is 0 Å². The molecule has 0 radical (unpaired) electrons. The molecule has 0 spiro atoms. The Morgan fingerprint density at radius 1 is 1.33 bits per heavy atom. The monoisotopic (exact) mass is 320 g/mol. The molecule has 7 heteroatoms. The maximum Gasteiger partial charge on any atom is 0.416 e. The second kappa shape index (κ2) is 5.85. The zero-order chi connectivity index (χ0) is 15.7. The summed E-state index contributed by atoms with van der Waals surface area (Å²) in [6, 6.07) is 3.02. The molecule has 1 heterocycles. The van der Waals surface area contributed by atoms with Crippen molar-refractivity contribution in [3.63, 3.8) is 0 Å². The SMILES string of the molecule is CC1(C(=O)Nc2cc(Cl)cc(C(F)(F)F)c2)CCCCN1. The fourth-order valence-electron chi connectivity index (χ4n) is 2.34. The molecule has 1 aromatic rings. The molecule has 3 nitrogen and oxygen atoms in total. The zero-order valence-corrected chi connectivity index (χ0v) is 12.2. The number of hydrogen-bond donors (Lipinski definition) is 2. The number of halogens is 4. The van der Waals surface area contributed by atoms with Gasteiger partial charge in [-0.15, -0.1) is 0 Å². The standard InChI is InChI=1S/C14H16ClF3N2O/c1-13(4-2-3-5-19-13)12(21)20-11-7-9(14(16,17)18)6-10(15)8-11/h6-8,19H,2-5H2,1H3,(H,20,21). The lowest BCUT2D eigenvalue weighted by molar-refractivity contribution is -0.137. The first-order valence-electron chi connectivity index (χ1n) is 6.65. The highest BCUT2D eigenvalue weighted by molar-refractivity contribution is 6.31. The molecule has 1 aromatic carbocycles. The van der Waals surface area contributed by atoms with Crippen LogP contribution in [-0.4, -0.2) is 18.0 Å². The van der Waals surface area contributed by atoms with Crippen molar-refractivity contribution < 1.29 is 18.0 Å². The summed E-state index contributed by atoms with van der Waals surface area (Å²) in [5, 5.41) is 5.56. The van der Waals surface area contributed by atoms with Gasteiger partial charge in [-0.25, -0.2) is 0 Å². The number of carbonyl (C=O) groups is 1. The van der Waals surface area contributed by atoms with Crippen LogP contribution in [-0.2, 0) is 11.0 Å². The topological polar surface area (TPSA) is 41.1 Å². The molecular formula is C14H16ClF3N2O. The highest BCUT2D eigenvalue weighted by Gasteiger charge is 2.35. The van der Waals surface area contributed by atoms with Crippen LogP contribution < -0.4 is 10.6 Å². The Morgan fingerprint density at radius 3 is 2.62 bits per heavy atom. The maximum absolute atomic E-state index is 12.7. The van der Waals surface area contributed by atoms with Crippen molar-refractivity contribution in [3.05, 3.63) is 28.8 Å². The number of carbonyl (C=O) groups excluding carboxylic acids is 1. The number of nitrogens with one attached hydrogen (secondary N) is 2. The summed E-state index contributed by atoms with van der Waals surface area (Å²) in [5.74, 6) is -0.349. The minimum atomic E-state index is -4.50. The molecule has 1 unspecified atom stereocenters. The van der Waals surface area contributed by atoms with Crippen molar-refractivity contribution in [1.82, 2.24) is 5.32 Å². The van der Waals surface area contributed by atoms with Gasteiger partial charge in [-0.05, 0) is 50.9 Å². The molecule has 1 saturated heterocycles. The quantitative estimate of drug-likeness (QED) is 0.869. The summed E-state index contributed by atoms with van der Waals surface area (Å²) < 4.78 is 38.2. The molecule has 2 N–H and O–H groups in total. The van der Waals surface area contributed by atoms with E-state index in [-0.39, 0.29) is 16.6 Å². The second-order valence-electron chi connectivity index (χ2n) is 5.40. The Balaban J connectivity index is 2.19. The Morgan fingerprint density at radius 2 is 2.05 bits per heavy atom. The Hall–Kier alpha value is -1.27. The van der Waals surface area contributed by atoms with Crippen LogP contribution in [0.4, 0.5) is 18.9 Å². The molecule has 1 fully saturated rings. The molecule has 1 aliphatic rings. The number of rotatable bonds is 2. The smallest absolute Gasteiger partial charge is 0.324 e. The predicted octanol–water partition coefficient (Wildman–Crippen LogP) is 3.83. The molecule has 116 valence electrons. The number of amides is 1. The van der Waals surface area contributed by atoms with Crippen molar-refractivity contribution in [3.8, 4) is 0 Å². The first-order valence-corrected chi connectivity index (χ1v) is 7.03. The number of benzene rings is 1. The zero-order valence-electron chi connectivity index (χ0n) is 11.5. The van der Waals surface area contributed by atoms with Crippen LogP contribution in [0.2, 0.25) is 5.02 Å². The van der Waals surface area contributed by atoms with Gasteiger partial charge in [0.1, 0.15) is 0 Å². The Labute approximate surface area is 125 Å². The lowest BCUT2D eigenvalue weighted by atomic mass is 9.90. The molecule has 0 aliphatic carbocycles. The maximum atomic E-state index is 12.7. The largest absolute Gasteiger partial charge is 0.416 e. The lowest BCUT2D eigenvalue weighted by Crippen LogP contribution is -2.54. The van der Waals surface area contributed by atoms with E-state index in [2.05, 4.69) is 10.6 Å². The molecule has 1 amide bonds. The molecule has 2 rings (SSSR count). The molecule has 0 aromatic heterocycles. The molecule has 0 bridgehead atoms. The molecule has 1 atom stereocenters. The van der Waals surface area contributed by atoms with Crippen LogP contribution in [0.3, 0.4) is 0 Å². The van der Waals surface area contributed by atoms with Crippen molar-refractivity contribution >= 4 is 23.2 Å². The van der Waals surface area contributed by atoms with Gasteiger partial charge in [0, 0.05) is 10.7 Å². The minimum Gasteiger partial charge on any atom is -0.324 e. The van der Waals surface area contributed by atoms with E-state index in [1.165, 1.54) is 6.07 Å². The summed E-state index contributed by atoms with van der Waals surface area (Å²) in [7, 11) is 0. The van der Waals surface area contributed by atoms with Gasteiger partial charge >= 0.3 is 6.18 Å². The average Bonchev–Trinajstić information content (AvgIpc) is 2.37. The number of hydrogen-bond acceptors (Lipinski definition) is 2. The third-order valence-electron chi connectivity index (χ3n) is 3.60. The third kappa shape index (κ3) is 3.89. The number of alkyl halides is 3. The molecule has 0 saturated carbocycles. The fraction of sp³-hybridized carbons (Fsp3) is 0.500. The molecule has 21 heavy (non-hydrogen) atoms. The van der Waals surface area contributed by atoms with E-state index in [0.29, 0.717) is 13.0 Å². The van der Waals surface area contributed by atoms with Crippen LogP contribution in [0.5, 0.6) is 0 Å². The van der Waals surface area contributed by atoms with Gasteiger partial charge in [0.05, 0.1) is 11.1 Å². The number of anilines is 1. The van der Waals surface area contributed by atoms with E-state index in [4.69, 9.17) is 11.6 Å². The van der Waals surface area contributed by atoms with E-state index in [9.17, 15) is 18.0 Å². The van der Waals surface area contributed by atoms with Crippen LogP contribution in [0.1, 0.15) is 31.7 Å². The van der Waals surface area contributed by atoms with Crippen molar-refractivity contribution in [2.75, 3.05) is 11.9 Å². The summed E-state index contributed by atoms with van der Waals surface area (Å²) >= 11 is 5.69. The van der Waals surface area contributed by atoms with E-state index in [1.54, 1.807) is 6.92 Å². The Bertz CT molecular complexity index is 540. The lowest BCUT2D eigenvalue weighted by Gasteiger charge is -2.33. The summed E-state index contributed by atoms with van der Waals surface area (Å²) in [4.78, 5) is 12.3. The molecule has 1 aliphatic heterocycles. The van der Waals surface area contributed by atoms with Gasteiger partial charge < -0.3 is 10.6 Å². The normalized spacial score (nSPS) is 22.9. The highest BCUT2D eigenvalue weighted by Crippen LogP contribution is 2.33. The average molecular weight is 321 g/mol. The van der Waals surface area contributed by atoms with Gasteiger partial charge in [0.2, 0.25) is 5.91 Å². The van der Waals surface area contributed by atoms with Gasteiger partial charge in [0.25, 0.3) is 0 Å². The Kier molecular flexibility index (Phi) is 4.49. The number of piperidine rings is 1. The van der Waals surface area contributed by atoms with E-state index < -0.39 is 17.3 Å². The summed E-state index contributed by atoms with van der Waals surface area (Å²) in [6.07, 6.45) is -1.97. The summed E-state index contributed by atoms with van der Waals surface area (Å²) in [6.45, 7) is 2.46. The van der Waals surface area contributed by atoms with Gasteiger partial charge in [-0.3, -0.25) is 4.79 Å². The van der Waals surface area contributed by atoms with Gasteiger partial charge in [-0.2, -0.15) is 13.2 Å². The highest BCUT2D eigenvalue weighted by atomic mass is 35.5. The van der Waals surface area contributed by atoms with Crippen molar-refractivity contribution in [2.45, 2.75) is 37.9 Å². The van der Waals surface area contributed by atoms with Crippen LogP contribution in [0, 0.1) is 0 Å². The summed E-state index contributed by atoms with van der Waals surface area (Å²) in [5.41, 5.74) is -1.60. The van der Waals surface area contributed by atoms with E-state index >= 15 is 0 Å². The van der Waals surface area contributed by atoms with Crippen LogP contribution >= 0.6 is 11.6 Å². The van der Waals surface area contributed by atoms with Gasteiger partial charge in [0.15, 0.2) is 0 Å². The van der Waals surface area contributed by atoms with Crippen molar-refractivity contribution in [1.29, 1.82) is 0 Å². The third-order valence-corrected chi connectivity index (χ3v) is 3.82. The van der Waals surface area contributed by atoms with E-state index in [0.717, 1.165) is 25.0 Å². The molecular weight excluding hydrogens is 305 g/mol. The van der Waals surface area contributed by atoms with Crippen molar-refractivity contribution in [2.24, 2.45) is 0 Å².